The van der Waals surface area contributed by atoms with Crippen LogP contribution in [0.25, 0.3) is 32.7 Å². The van der Waals surface area contributed by atoms with Gasteiger partial charge in [-0.1, -0.05) is 6.07 Å². The largest absolute Gasteiger partial charge is 0.438 e. The van der Waals surface area contributed by atoms with Crippen LogP contribution in [-0.4, -0.2) is 40.7 Å². The molecule has 0 N–H and O–H groups in total. The van der Waals surface area contributed by atoms with Gasteiger partial charge >= 0.3 is 0 Å². The maximum Gasteiger partial charge on any atom is 0.291 e. The minimum Gasteiger partial charge on any atom is -0.438 e. The number of rotatable bonds is 5. The Morgan fingerprint density at radius 3 is 2.77 bits per heavy atom. The average molecular weight is 522 g/mol. The number of fused-ring (bicyclic) bond motifs is 4. The molecule has 1 saturated heterocycles. The number of pyridine rings is 2. The number of hydrogen-bond donors (Lipinski definition) is 0. The van der Waals surface area contributed by atoms with E-state index in [0.717, 1.165) is 64.4 Å². The first-order valence-electron chi connectivity index (χ1n) is 13.1. The van der Waals surface area contributed by atoms with Gasteiger partial charge in [0, 0.05) is 42.4 Å². The molecular weight excluding hydrogens is 494 g/mol. The molecule has 0 aliphatic carbocycles. The number of ether oxygens (including phenoxy) is 2. The van der Waals surface area contributed by atoms with E-state index in [9.17, 15) is 4.79 Å². The van der Waals surface area contributed by atoms with Crippen LogP contribution in [0.2, 0.25) is 0 Å². The van der Waals surface area contributed by atoms with E-state index in [1.807, 2.05) is 65.7 Å². The Morgan fingerprint density at radius 2 is 1.92 bits per heavy atom. The highest BCUT2D eigenvalue weighted by atomic mass is 16.5. The third kappa shape index (κ3) is 4.04. The quantitative estimate of drug-likeness (QED) is 0.319. The third-order valence-corrected chi connectivity index (χ3v) is 7.36. The summed E-state index contributed by atoms with van der Waals surface area (Å²) in [5, 5.41) is 11.6. The number of aromatic nitrogens is 7. The summed E-state index contributed by atoms with van der Waals surface area (Å²) in [5.41, 5.74) is 3.90. The van der Waals surface area contributed by atoms with Crippen LogP contribution in [0, 0.1) is 6.92 Å². The number of hydrogen-bond acceptors (Lipinski definition) is 7. The first-order valence-corrected chi connectivity index (χ1v) is 13.1. The van der Waals surface area contributed by atoms with Crippen LogP contribution in [0.5, 0.6) is 11.6 Å². The van der Waals surface area contributed by atoms with E-state index in [4.69, 9.17) is 9.47 Å². The molecule has 1 aliphatic rings. The maximum atomic E-state index is 13.5. The van der Waals surface area contributed by atoms with Crippen molar-refractivity contribution in [1.29, 1.82) is 0 Å². The lowest BCUT2D eigenvalue weighted by Crippen LogP contribution is -2.24. The first-order chi connectivity index (χ1) is 19.1. The number of benzene rings is 1. The van der Waals surface area contributed by atoms with E-state index in [-0.39, 0.29) is 11.8 Å². The Morgan fingerprint density at radius 1 is 1.03 bits per heavy atom. The standard InChI is InChI=1S/C29H27N7O3/c1-18-6-5-7-19(33-18)17-35-29(37)27-22(15-31-35)21-10-9-20(14-25(21)34(27)2)39-28-23-16-32-36(24(23)11-12-30-28)26-8-3-4-13-38-26/h5-7,9-12,14-16,26H,3-4,8,13,17H2,1-2H3. The molecule has 10 nitrogen and oxygen atoms in total. The fourth-order valence-electron chi connectivity index (χ4n) is 5.44. The van der Waals surface area contributed by atoms with Gasteiger partial charge < -0.3 is 14.0 Å². The van der Waals surface area contributed by atoms with Crippen molar-refractivity contribution in [2.75, 3.05) is 6.61 Å². The summed E-state index contributed by atoms with van der Waals surface area (Å²) < 4.78 is 17.5. The predicted molar refractivity (Wildman–Crippen MR) is 147 cm³/mol. The summed E-state index contributed by atoms with van der Waals surface area (Å²) in [6.07, 6.45) is 8.32. The lowest BCUT2D eigenvalue weighted by atomic mass is 10.2. The molecule has 0 saturated carbocycles. The molecule has 0 radical (unpaired) electrons. The van der Waals surface area contributed by atoms with Gasteiger partial charge in [-0.25, -0.2) is 14.3 Å². The monoisotopic (exact) mass is 521 g/mol. The fourth-order valence-corrected chi connectivity index (χ4v) is 5.44. The first kappa shape index (κ1) is 23.5. The van der Waals surface area contributed by atoms with E-state index in [0.29, 0.717) is 23.7 Å². The van der Waals surface area contributed by atoms with Crippen LogP contribution in [0.1, 0.15) is 36.9 Å². The van der Waals surface area contributed by atoms with Gasteiger partial charge in [-0.15, -0.1) is 0 Å². The van der Waals surface area contributed by atoms with Crippen LogP contribution in [0.4, 0.5) is 0 Å². The highest BCUT2D eigenvalue weighted by molar-refractivity contribution is 6.07. The molecule has 196 valence electrons. The zero-order chi connectivity index (χ0) is 26.5. The highest BCUT2D eigenvalue weighted by Gasteiger charge is 2.21. The average Bonchev–Trinajstić information content (AvgIpc) is 3.51. The molecule has 1 aromatic carbocycles. The summed E-state index contributed by atoms with van der Waals surface area (Å²) in [7, 11) is 1.89. The topological polar surface area (TPSA) is 102 Å². The van der Waals surface area contributed by atoms with E-state index < -0.39 is 0 Å². The van der Waals surface area contributed by atoms with Crippen LogP contribution in [0.15, 0.2) is 65.8 Å². The molecule has 39 heavy (non-hydrogen) atoms. The number of aryl methyl sites for hydroxylation is 2. The Balaban J connectivity index is 1.25. The van der Waals surface area contributed by atoms with Gasteiger partial charge in [-0.3, -0.25) is 9.78 Å². The van der Waals surface area contributed by atoms with Gasteiger partial charge in [0.1, 0.15) is 11.3 Å². The second kappa shape index (κ2) is 9.32. The fraction of sp³-hybridized carbons (Fsp3) is 0.276. The van der Waals surface area contributed by atoms with Crippen molar-refractivity contribution in [3.63, 3.8) is 0 Å². The molecule has 6 heterocycles. The third-order valence-electron chi connectivity index (χ3n) is 7.36. The summed E-state index contributed by atoms with van der Waals surface area (Å²) in [6.45, 7) is 2.98. The van der Waals surface area contributed by atoms with E-state index in [1.54, 1.807) is 18.6 Å². The summed E-state index contributed by atoms with van der Waals surface area (Å²) in [5.74, 6) is 1.09. The molecule has 7 rings (SSSR count). The van der Waals surface area contributed by atoms with Crippen molar-refractivity contribution in [3.8, 4) is 11.6 Å². The Bertz CT molecular complexity index is 1910. The molecule has 0 bridgehead atoms. The molecule has 6 aromatic rings. The van der Waals surface area contributed by atoms with Crippen LogP contribution >= 0.6 is 0 Å². The Hall–Kier alpha value is -4.57. The summed E-state index contributed by atoms with van der Waals surface area (Å²) in [6, 6.07) is 13.5. The molecule has 10 heteroatoms. The Labute approximate surface area is 223 Å². The molecule has 0 spiro atoms. The molecule has 1 atom stereocenters. The zero-order valence-electron chi connectivity index (χ0n) is 21.7. The lowest BCUT2D eigenvalue weighted by Gasteiger charge is -2.23. The predicted octanol–water partition coefficient (Wildman–Crippen LogP) is 4.88. The van der Waals surface area contributed by atoms with Gasteiger partial charge in [0.25, 0.3) is 5.56 Å². The molecule has 1 unspecified atom stereocenters. The Kier molecular flexibility index (Phi) is 5.62. The minimum atomic E-state index is -0.166. The normalized spacial score (nSPS) is 15.9. The van der Waals surface area contributed by atoms with Crippen molar-refractivity contribution in [2.24, 2.45) is 7.05 Å². The van der Waals surface area contributed by atoms with Crippen molar-refractivity contribution >= 4 is 32.7 Å². The van der Waals surface area contributed by atoms with Gasteiger partial charge in [0.2, 0.25) is 5.88 Å². The van der Waals surface area contributed by atoms with Crippen molar-refractivity contribution in [1.82, 2.24) is 34.1 Å². The molecular formula is C29H27N7O3. The van der Waals surface area contributed by atoms with E-state index >= 15 is 0 Å². The van der Waals surface area contributed by atoms with E-state index in [1.165, 1.54) is 4.68 Å². The zero-order valence-corrected chi connectivity index (χ0v) is 21.7. The number of nitrogens with zero attached hydrogens (tertiary/aromatic N) is 7. The minimum absolute atomic E-state index is 0.0713. The molecule has 5 aromatic heterocycles. The molecule has 1 aliphatic heterocycles. The van der Waals surface area contributed by atoms with Crippen molar-refractivity contribution < 1.29 is 9.47 Å². The second-order valence-electron chi connectivity index (χ2n) is 9.94. The van der Waals surface area contributed by atoms with Crippen LogP contribution in [0.3, 0.4) is 0 Å². The molecule has 0 amide bonds. The summed E-state index contributed by atoms with van der Waals surface area (Å²) >= 11 is 0. The van der Waals surface area contributed by atoms with Gasteiger partial charge in [0.05, 0.1) is 41.1 Å². The smallest absolute Gasteiger partial charge is 0.291 e. The van der Waals surface area contributed by atoms with Crippen LogP contribution < -0.4 is 10.3 Å². The van der Waals surface area contributed by atoms with Gasteiger partial charge in [-0.2, -0.15) is 10.2 Å². The summed E-state index contributed by atoms with van der Waals surface area (Å²) in [4.78, 5) is 22.5. The SMILES string of the molecule is Cc1cccc(Cn2ncc3c4ccc(Oc5nccc6c5cnn6C5CCCCO5)cc4n(C)c3c2=O)n1. The molecule has 1 fully saturated rings. The van der Waals surface area contributed by atoms with Crippen LogP contribution in [-0.2, 0) is 18.3 Å². The van der Waals surface area contributed by atoms with Gasteiger partial charge in [0.15, 0.2) is 6.23 Å². The maximum absolute atomic E-state index is 13.5. The van der Waals surface area contributed by atoms with Crippen molar-refractivity contribution in [2.45, 2.75) is 39.0 Å². The van der Waals surface area contributed by atoms with E-state index in [2.05, 4.69) is 20.2 Å². The lowest BCUT2D eigenvalue weighted by molar-refractivity contribution is -0.0366. The highest BCUT2D eigenvalue weighted by Crippen LogP contribution is 2.34. The van der Waals surface area contributed by atoms with Gasteiger partial charge in [-0.05, 0) is 56.5 Å². The second-order valence-corrected chi connectivity index (χ2v) is 9.94. The van der Waals surface area contributed by atoms with Crippen molar-refractivity contribution in [3.05, 3.63) is 82.8 Å².